The molecular weight excluding hydrogens is 240 g/mol. The molecule has 0 bridgehead atoms. The van der Waals surface area contributed by atoms with Gasteiger partial charge in [-0.05, 0) is 31.9 Å². The Hall–Kier alpha value is -1.97. The SMILES string of the molecule is CCCCc1c(C)[nH]n(-c2ccccc2OC)c1=O. The summed E-state index contributed by atoms with van der Waals surface area (Å²) in [5, 5.41) is 3.14. The van der Waals surface area contributed by atoms with Crippen molar-refractivity contribution < 1.29 is 4.74 Å². The van der Waals surface area contributed by atoms with Crippen molar-refractivity contribution in [3.63, 3.8) is 0 Å². The summed E-state index contributed by atoms with van der Waals surface area (Å²) in [4.78, 5) is 12.4. The first kappa shape index (κ1) is 13.5. The summed E-state index contributed by atoms with van der Waals surface area (Å²) >= 11 is 0. The summed E-state index contributed by atoms with van der Waals surface area (Å²) in [6.45, 7) is 4.07. The van der Waals surface area contributed by atoms with Crippen molar-refractivity contribution in [1.82, 2.24) is 9.78 Å². The van der Waals surface area contributed by atoms with Gasteiger partial charge in [-0.2, -0.15) is 0 Å². The number of aryl methyl sites for hydroxylation is 1. The summed E-state index contributed by atoms with van der Waals surface area (Å²) in [5.74, 6) is 0.688. The number of aromatic amines is 1. The van der Waals surface area contributed by atoms with Gasteiger partial charge in [0.2, 0.25) is 0 Å². The Balaban J connectivity index is 2.49. The highest BCUT2D eigenvalue weighted by molar-refractivity contribution is 5.46. The van der Waals surface area contributed by atoms with E-state index < -0.39 is 0 Å². The third kappa shape index (κ3) is 2.57. The summed E-state index contributed by atoms with van der Waals surface area (Å²) in [6.07, 6.45) is 2.93. The molecule has 0 saturated carbocycles. The highest BCUT2D eigenvalue weighted by atomic mass is 16.5. The normalized spacial score (nSPS) is 10.7. The van der Waals surface area contributed by atoms with Crippen LogP contribution in [-0.4, -0.2) is 16.9 Å². The van der Waals surface area contributed by atoms with Gasteiger partial charge in [0.15, 0.2) is 0 Å². The zero-order valence-electron chi connectivity index (χ0n) is 11.7. The topological polar surface area (TPSA) is 47.0 Å². The Labute approximate surface area is 113 Å². The molecule has 0 radical (unpaired) electrons. The van der Waals surface area contributed by atoms with E-state index >= 15 is 0 Å². The van der Waals surface area contributed by atoms with Crippen LogP contribution in [0.15, 0.2) is 29.1 Å². The van der Waals surface area contributed by atoms with Crippen LogP contribution in [0.4, 0.5) is 0 Å². The lowest BCUT2D eigenvalue weighted by molar-refractivity contribution is 0.411. The van der Waals surface area contributed by atoms with E-state index in [2.05, 4.69) is 12.0 Å². The van der Waals surface area contributed by atoms with Crippen molar-refractivity contribution in [3.8, 4) is 11.4 Å². The Kier molecular flexibility index (Phi) is 4.10. The highest BCUT2D eigenvalue weighted by Crippen LogP contribution is 2.20. The van der Waals surface area contributed by atoms with Crippen LogP contribution >= 0.6 is 0 Å². The van der Waals surface area contributed by atoms with E-state index in [0.717, 1.165) is 36.2 Å². The highest BCUT2D eigenvalue weighted by Gasteiger charge is 2.14. The lowest BCUT2D eigenvalue weighted by Gasteiger charge is -2.07. The van der Waals surface area contributed by atoms with Crippen molar-refractivity contribution >= 4 is 0 Å². The maximum Gasteiger partial charge on any atom is 0.274 e. The molecule has 102 valence electrons. The molecule has 0 aliphatic carbocycles. The Bertz CT molecular complexity index is 611. The average Bonchev–Trinajstić information content (AvgIpc) is 2.71. The number of rotatable bonds is 5. The first-order valence-corrected chi connectivity index (χ1v) is 6.63. The molecule has 2 rings (SSSR count). The molecule has 1 aromatic carbocycles. The van der Waals surface area contributed by atoms with Gasteiger partial charge in [0.05, 0.1) is 7.11 Å². The molecular formula is C15H20N2O2. The van der Waals surface area contributed by atoms with Crippen LogP contribution in [0.2, 0.25) is 0 Å². The molecule has 2 aromatic rings. The molecule has 0 fully saturated rings. The molecule has 0 aliphatic heterocycles. The molecule has 4 heteroatoms. The number of benzene rings is 1. The molecule has 0 unspecified atom stereocenters. The lowest BCUT2D eigenvalue weighted by atomic mass is 10.1. The summed E-state index contributed by atoms with van der Waals surface area (Å²) < 4.78 is 6.87. The fraction of sp³-hybridized carbons (Fsp3) is 0.400. The van der Waals surface area contributed by atoms with Gasteiger partial charge in [-0.15, -0.1) is 0 Å². The smallest absolute Gasteiger partial charge is 0.274 e. The Morgan fingerprint density at radius 2 is 2.05 bits per heavy atom. The Morgan fingerprint density at radius 1 is 1.32 bits per heavy atom. The molecule has 0 spiro atoms. The van der Waals surface area contributed by atoms with Crippen LogP contribution in [0.1, 0.15) is 31.0 Å². The number of hydrogen-bond donors (Lipinski definition) is 1. The number of aromatic nitrogens is 2. The standard InChI is InChI=1S/C15H20N2O2/c1-4-5-8-12-11(2)16-17(15(12)18)13-9-6-7-10-14(13)19-3/h6-7,9-10,16H,4-5,8H2,1-3H3. The molecule has 19 heavy (non-hydrogen) atoms. The molecule has 1 heterocycles. The number of hydrogen-bond acceptors (Lipinski definition) is 2. The number of methoxy groups -OCH3 is 1. The van der Waals surface area contributed by atoms with E-state index in [1.54, 1.807) is 11.8 Å². The van der Waals surface area contributed by atoms with Crippen molar-refractivity contribution in [2.24, 2.45) is 0 Å². The molecule has 0 atom stereocenters. The Morgan fingerprint density at radius 3 is 2.74 bits per heavy atom. The van der Waals surface area contributed by atoms with Crippen molar-refractivity contribution in [1.29, 1.82) is 0 Å². The predicted molar refractivity (Wildman–Crippen MR) is 76.3 cm³/mol. The van der Waals surface area contributed by atoms with E-state index in [9.17, 15) is 4.79 Å². The van der Waals surface area contributed by atoms with E-state index in [0.29, 0.717) is 5.75 Å². The van der Waals surface area contributed by atoms with E-state index in [4.69, 9.17) is 4.74 Å². The van der Waals surface area contributed by atoms with Gasteiger partial charge in [0.25, 0.3) is 5.56 Å². The zero-order valence-corrected chi connectivity index (χ0v) is 11.7. The molecule has 1 aromatic heterocycles. The first-order valence-electron chi connectivity index (χ1n) is 6.63. The quantitative estimate of drug-likeness (QED) is 0.898. The fourth-order valence-corrected chi connectivity index (χ4v) is 2.21. The maximum absolute atomic E-state index is 12.4. The van der Waals surface area contributed by atoms with Crippen molar-refractivity contribution in [2.75, 3.05) is 7.11 Å². The second-order valence-electron chi connectivity index (χ2n) is 4.63. The van der Waals surface area contributed by atoms with Crippen LogP contribution in [0.25, 0.3) is 5.69 Å². The van der Waals surface area contributed by atoms with Gasteiger partial charge in [-0.25, -0.2) is 4.68 Å². The summed E-state index contributed by atoms with van der Waals surface area (Å²) in [7, 11) is 1.61. The second-order valence-corrected chi connectivity index (χ2v) is 4.63. The lowest BCUT2D eigenvalue weighted by Crippen LogP contribution is -2.18. The van der Waals surface area contributed by atoms with Crippen LogP contribution in [0, 0.1) is 6.92 Å². The van der Waals surface area contributed by atoms with Gasteiger partial charge in [0.1, 0.15) is 11.4 Å². The molecule has 0 aliphatic rings. The number of H-pyrrole nitrogens is 1. The van der Waals surface area contributed by atoms with Gasteiger partial charge >= 0.3 is 0 Å². The van der Waals surface area contributed by atoms with Crippen LogP contribution in [0.5, 0.6) is 5.75 Å². The monoisotopic (exact) mass is 260 g/mol. The number of unbranched alkanes of at least 4 members (excludes halogenated alkanes) is 1. The molecule has 0 amide bonds. The van der Waals surface area contributed by atoms with Crippen LogP contribution in [0.3, 0.4) is 0 Å². The minimum atomic E-state index is 0.0236. The van der Waals surface area contributed by atoms with E-state index in [1.165, 1.54) is 0 Å². The van der Waals surface area contributed by atoms with Gasteiger partial charge in [-0.1, -0.05) is 25.5 Å². The van der Waals surface area contributed by atoms with Crippen LogP contribution in [-0.2, 0) is 6.42 Å². The fourth-order valence-electron chi connectivity index (χ4n) is 2.21. The van der Waals surface area contributed by atoms with Gasteiger partial charge < -0.3 is 4.74 Å². The first-order chi connectivity index (χ1) is 9.19. The molecule has 0 saturated heterocycles. The minimum Gasteiger partial charge on any atom is -0.494 e. The van der Waals surface area contributed by atoms with Gasteiger partial charge in [-0.3, -0.25) is 9.89 Å². The maximum atomic E-state index is 12.4. The van der Waals surface area contributed by atoms with Crippen molar-refractivity contribution in [2.45, 2.75) is 33.1 Å². The van der Waals surface area contributed by atoms with E-state index in [-0.39, 0.29) is 5.56 Å². The molecule has 1 N–H and O–H groups in total. The zero-order chi connectivity index (χ0) is 13.8. The van der Waals surface area contributed by atoms with Crippen LogP contribution < -0.4 is 10.3 Å². The average molecular weight is 260 g/mol. The predicted octanol–water partition coefficient (Wildman–Crippen LogP) is 2.83. The third-order valence-electron chi connectivity index (χ3n) is 3.30. The van der Waals surface area contributed by atoms with Gasteiger partial charge in [0, 0.05) is 11.3 Å². The van der Waals surface area contributed by atoms with Crippen molar-refractivity contribution in [3.05, 3.63) is 45.9 Å². The number of nitrogens with one attached hydrogen (secondary N) is 1. The second kappa shape index (κ2) is 5.78. The number of para-hydroxylation sites is 2. The summed E-state index contributed by atoms with van der Waals surface area (Å²) in [6, 6.07) is 7.51. The molecule has 4 nitrogen and oxygen atoms in total. The number of ether oxygens (including phenoxy) is 1. The largest absolute Gasteiger partial charge is 0.494 e. The van der Waals surface area contributed by atoms with E-state index in [1.807, 2.05) is 31.2 Å². The third-order valence-corrected chi connectivity index (χ3v) is 3.30. The number of nitrogens with zero attached hydrogens (tertiary/aromatic N) is 1. The summed E-state index contributed by atoms with van der Waals surface area (Å²) in [5.41, 5.74) is 2.58. The minimum absolute atomic E-state index is 0.0236.